The molecular formula is C24H29N5O3. The summed E-state index contributed by atoms with van der Waals surface area (Å²) in [6.07, 6.45) is -0.241. The van der Waals surface area contributed by atoms with E-state index in [0.717, 1.165) is 41.2 Å². The average Bonchev–Trinajstić information content (AvgIpc) is 3.09. The van der Waals surface area contributed by atoms with Crippen LogP contribution in [0.2, 0.25) is 0 Å². The van der Waals surface area contributed by atoms with E-state index >= 15 is 0 Å². The molecule has 0 bridgehead atoms. The van der Waals surface area contributed by atoms with Crippen LogP contribution in [0.1, 0.15) is 28.7 Å². The molecule has 0 atom stereocenters. The lowest BCUT2D eigenvalue weighted by Gasteiger charge is -2.33. The Bertz CT molecular complexity index is 1130. The molecule has 1 saturated heterocycles. The van der Waals surface area contributed by atoms with Crippen LogP contribution in [0.4, 0.5) is 10.5 Å². The Morgan fingerprint density at radius 2 is 1.88 bits per heavy atom. The van der Waals surface area contributed by atoms with Gasteiger partial charge in [-0.2, -0.15) is 0 Å². The van der Waals surface area contributed by atoms with Gasteiger partial charge in [-0.1, -0.05) is 17.7 Å². The number of benzene rings is 2. The first-order chi connectivity index (χ1) is 15.4. The van der Waals surface area contributed by atoms with E-state index in [-0.39, 0.29) is 12.0 Å². The van der Waals surface area contributed by atoms with E-state index in [9.17, 15) is 9.59 Å². The van der Waals surface area contributed by atoms with Crippen molar-refractivity contribution in [2.75, 3.05) is 38.1 Å². The number of carbonyl (C=O) groups excluding carboxylic acids is 2. The third-order valence-corrected chi connectivity index (χ3v) is 5.77. The summed E-state index contributed by atoms with van der Waals surface area (Å²) in [5.41, 5.74) is 4.25. The summed E-state index contributed by atoms with van der Waals surface area (Å²) < 4.78 is 7.17. The van der Waals surface area contributed by atoms with E-state index in [1.165, 1.54) is 0 Å². The molecule has 1 aliphatic rings. The molecule has 8 heteroatoms. The molecule has 8 nitrogen and oxygen atoms in total. The number of piperazine rings is 1. The van der Waals surface area contributed by atoms with Gasteiger partial charge in [0.1, 0.15) is 5.82 Å². The van der Waals surface area contributed by atoms with Gasteiger partial charge in [-0.25, -0.2) is 9.78 Å². The van der Waals surface area contributed by atoms with Crippen molar-refractivity contribution in [2.24, 2.45) is 7.05 Å². The van der Waals surface area contributed by atoms with Crippen LogP contribution in [0.5, 0.6) is 0 Å². The number of amides is 2. The van der Waals surface area contributed by atoms with Crippen molar-refractivity contribution in [2.45, 2.75) is 20.4 Å². The average molecular weight is 436 g/mol. The first-order valence-corrected chi connectivity index (χ1v) is 10.9. The van der Waals surface area contributed by atoms with E-state index in [2.05, 4.69) is 14.8 Å². The Morgan fingerprint density at radius 1 is 1.09 bits per heavy atom. The Labute approximate surface area is 187 Å². The Balaban J connectivity index is 1.43. The lowest BCUT2D eigenvalue weighted by Crippen LogP contribution is -2.48. The largest absolute Gasteiger partial charge is 0.450 e. The summed E-state index contributed by atoms with van der Waals surface area (Å²) in [5, 5.41) is 2.97. The second-order valence-electron chi connectivity index (χ2n) is 8.08. The lowest BCUT2D eigenvalue weighted by molar-refractivity contribution is 0.0770. The predicted octanol–water partition coefficient (Wildman–Crippen LogP) is 3.41. The van der Waals surface area contributed by atoms with E-state index in [4.69, 9.17) is 9.72 Å². The minimum Gasteiger partial charge on any atom is -0.450 e. The molecule has 0 unspecified atom stereocenters. The molecule has 1 aromatic heterocycles. The number of nitrogens with zero attached hydrogens (tertiary/aromatic N) is 4. The van der Waals surface area contributed by atoms with Crippen LogP contribution in [0, 0.1) is 6.92 Å². The first-order valence-electron chi connectivity index (χ1n) is 10.9. The molecule has 0 radical (unpaired) electrons. The van der Waals surface area contributed by atoms with Crippen molar-refractivity contribution in [3.63, 3.8) is 0 Å². The van der Waals surface area contributed by atoms with Gasteiger partial charge in [-0.15, -0.1) is 0 Å². The first kappa shape index (κ1) is 21.8. The van der Waals surface area contributed by atoms with Crippen molar-refractivity contribution >= 4 is 28.7 Å². The number of carbonyl (C=O) groups is 2. The predicted molar refractivity (Wildman–Crippen MR) is 124 cm³/mol. The van der Waals surface area contributed by atoms with Crippen molar-refractivity contribution in [1.82, 2.24) is 19.4 Å². The highest BCUT2D eigenvalue weighted by molar-refractivity contribution is 6.05. The van der Waals surface area contributed by atoms with Gasteiger partial charge < -0.3 is 19.5 Å². The lowest BCUT2D eigenvalue weighted by atomic mass is 10.1. The number of imidazole rings is 1. The molecule has 1 N–H and O–H groups in total. The minimum atomic E-state index is -0.241. The van der Waals surface area contributed by atoms with Gasteiger partial charge in [0, 0.05) is 44.5 Å². The van der Waals surface area contributed by atoms with E-state index in [1.807, 2.05) is 57.3 Å². The van der Waals surface area contributed by atoms with E-state index in [1.54, 1.807) is 11.0 Å². The molecular weight excluding hydrogens is 406 g/mol. The second kappa shape index (κ2) is 9.40. The quantitative estimate of drug-likeness (QED) is 0.664. The topological polar surface area (TPSA) is 79.7 Å². The summed E-state index contributed by atoms with van der Waals surface area (Å²) in [6.45, 7) is 7.74. The molecule has 4 rings (SSSR count). The summed E-state index contributed by atoms with van der Waals surface area (Å²) in [5.74, 6) is 0.815. The number of hydrogen-bond acceptors (Lipinski definition) is 5. The maximum absolute atomic E-state index is 12.6. The summed E-state index contributed by atoms with van der Waals surface area (Å²) in [6, 6.07) is 13.3. The van der Waals surface area contributed by atoms with Gasteiger partial charge in [0.15, 0.2) is 0 Å². The normalized spacial score (nSPS) is 14.5. The summed E-state index contributed by atoms with van der Waals surface area (Å²) in [4.78, 5) is 33.3. The molecule has 3 aromatic rings. The van der Waals surface area contributed by atoms with Crippen molar-refractivity contribution in [3.8, 4) is 0 Å². The van der Waals surface area contributed by atoms with Gasteiger partial charge in [0.05, 0.1) is 24.2 Å². The van der Waals surface area contributed by atoms with E-state index < -0.39 is 0 Å². The smallest absolute Gasteiger partial charge is 0.409 e. The molecule has 1 aliphatic heterocycles. The molecule has 2 aromatic carbocycles. The van der Waals surface area contributed by atoms with Crippen molar-refractivity contribution < 1.29 is 14.3 Å². The van der Waals surface area contributed by atoms with Crippen LogP contribution in [-0.4, -0.2) is 64.1 Å². The highest BCUT2D eigenvalue weighted by atomic mass is 16.6. The van der Waals surface area contributed by atoms with E-state index in [0.29, 0.717) is 31.8 Å². The summed E-state index contributed by atoms with van der Waals surface area (Å²) in [7, 11) is 2.00. The highest BCUT2D eigenvalue weighted by Gasteiger charge is 2.23. The molecule has 0 aliphatic carbocycles. The number of rotatable bonds is 5. The molecule has 1 fully saturated rings. The SMILES string of the molecule is CCOC(=O)N1CCN(Cc2nc3cc(NC(=O)c4cccc(C)c4)ccc3n2C)CC1. The minimum absolute atomic E-state index is 0.135. The number of fused-ring (bicyclic) bond motifs is 1. The van der Waals surface area contributed by atoms with Crippen LogP contribution in [-0.2, 0) is 18.3 Å². The van der Waals surface area contributed by atoms with Crippen LogP contribution in [0.25, 0.3) is 11.0 Å². The van der Waals surface area contributed by atoms with Gasteiger partial charge in [0.2, 0.25) is 0 Å². The fourth-order valence-electron chi connectivity index (χ4n) is 3.96. The molecule has 168 valence electrons. The number of ether oxygens (including phenoxy) is 1. The molecule has 32 heavy (non-hydrogen) atoms. The van der Waals surface area contributed by atoms with Crippen LogP contribution < -0.4 is 5.32 Å². The van der Waals surface area contributed by atoms with Crippen LogP contribution in [0.3, 0.4) is 0 Å². The fourth-order valence-corrected chi connectivity index (χ4v) is 3.96. The maximum Gasteiger partial charge on any atom is 0.409 e. The van der Waals surface area contributed by atoms with Gasteiger partial charge in [-0.05, 0) is 44.2 Å². The monoisotopic (exact) mass is 435 g/mol. The Hall–Kier alpha value is -3.39. The number of nitrogens with one attached hydrogen (secondary N) is 1. The zero-order chi connectivity index (χ0) is 22.7. The molecule has 2 heterocycles. The number of hydrogen-bond donors (Lipinski definition) is 1. The summed E-state index contributed by atoms with van der Waals surface area (Å²) >= 11 is 0. The maximum atomic E-state index is 12.6. The molecule has 0 saturated carbocycles. The fraction of sp³-hybridized carbons (Fsp3) is 0.375. The zero-order valence-electron chi connectivity index (χ0n) is 18.8. The Kier molecular flexibility index (Phi) is 6.41. The van der Waals surface area contributed by atoms with Crippen LogP contribution >= 0.6 is 0 Å². The second-order valence-corrected chi connectivity index (χ2v) is 8.08. The molecule has 2 amide bonds. The highest BCUT2D eigenvalue weighted by Crippen LogP contribution is 2.21. The third kappa shape index (κ3) is 4.75. The van der Waals surface area contributed by atoms with Crippen molar-refractivity contribution in [1.29, 1.82) is 0 Å². The number of anilines is 1. The molecule has 0 spiro atoms. The van der Waals surface area contributed by atoms with Gasteiger partial charge in [0.25, 0.3) is 5.91 Å². The van der Waals surface area contributed by atoms with Crippen LogP contribution in [0.15, 0.2) is 42.5 Å². The van der Waals surface area contributed by atoms with Gasteiger partial charge >= 0.3 is 6.09 Å². The zero-order valence-corrected chi connectivity index (χ0v) is 18.8. The van der Waals surface area contributed by atoms with Gasteiger partial charge in [-0.3, -0.25) is 9.69 Å². The van der Waals surface area contributed by atoms with Crippen molar-refractivity contribution in [3.05, 3.63) is 59.4 Å². The Morgan fingerprint density at radius 3 is 2.59 bits per heavy atom. The standard InChI is InChI=1S/C24H29N5O3/c1-4-32-24(31)29-12-10-28(11-13-29)16-22-26-20-15-19(8-9-21(20)27(22)3)25-23(30)18-7-5-6-17(2)14-18/h5-9,14-15H,4,10-13,16H2,1-3H3,(H,25,30). The number of aryl methyl sites for hydroxylation is 2. The number of aromatic nitrogens is 2. The third-order valence-electron chi connectivity index (χ3n) is 5.77.